The minimum atomic E-state index is 0.139. The summed E-state index contributed by atoms with van der Waals surface area (Å²) in [6.45, 7) is 5.17. The molecular weight excluding hydrogens is 248 g/mol. The van der Waals surface area contributed by atoms with Gasteiger partial charge in [0.25, 0.3) is 0 Å². The zero-order valence-corrected chi connectivity index (χ0v) is 12.1. The third-order valence-corrected chi connectivity index (χ3v) is 3.49. The molecule has 0 unspecified atom stereocenters. The number of carbonyl (C=O) groups excluding carboxylic acids is 1. The highest BCUT2D eigenvalue weighted by Crippen LogP contribution is 2.11. The van der Waals surface area contributed by atoms with Gasteiger partial charge in [0, 0.05) is 18.7 Å². The topological polar surface area (TPSA) is 32.3 Å². The molecule has 1 amide bonds. The molecule has 0 aromatic heterocycles. The van der Waals surface area contributed by atoms with E-state index in [0.717, 1.165) is 38.0 Å². The largest absolute Gasteiger partial charge is 0.331 e. The molecule has 1 aliphatic heterocycles. The van der Waals surface area contributed by atoms with Crippen LogP contribution in [0.4, 0.5) is 0 Å². The van der Waals surface area contributed by atoms with Gasteiger partial charge in [-0.3, -0.25) is 4.79 Å². The lowest BCUT2D eigenvalue weighted by atomic mass is 10.1. The highest BCUT2D eigenvalue weighted by atomic mass is 16.2. The van der Waals surface area contributed by atoms with Gasteiger partial charge in [-0.2, -0.15) is 0 Å². The van der Waals surface area contributed by atoms with Crippen molar-refractivity contribution in [2.24, 2.45) is 5.92 Å². The molecule has 106 valence electrons. The summed E-state index contributed by atoms with van der Waals surface area (Å²) in [7, 11) is 0. The predicted octanol–water partition coefficient (Wildman–Crippen LogP) is 1.89. The van der Waals surface area contributed by atoms with E-state index in [-0.39, 0.29) is 11.8 Å². The third-order valence-electron chi connectivity index (χ3n) is 3.49. The maximum Gasteiger partial charge on any atom is 0.227 e. The van der Waals surface area contributed by atoms with Crippen molar-refractivity contribution in [3.8, 4) is 11.8 Å². The molecule has 1 aromatic carbocycles. The monoisotopic (exact) mass is 270 g/mol. The van der Waals surface area contributed by atoms with E-state index < -0.39 is 0 Å². The van der Waals surface area contributed by atoms with Gasteiger partial charge in [0.1, 0.15) is 0 Å². The number of hydrogen-bond acceptors (Lipinski definition) is 2. The van der Waals surface area contributed by atoms with Crippen molar-refractivity contribution in [2.45, 2.75) is 19.8 Å². The van der Waals surface area contributed by atoms with Crippen LogP contribution in [0, 0.1) is 17.8 Å². The number of amides is 1. The molecule has 20 heavy (non-hydrogen) atoms. The number of nitrogens with one attached hydrogen (secondary N) is 1. The number of nitrogens with zero attached hydrogens (tertiary/aromatic N) is 1. The number of carbonyl (C=O) groups is 1. The fraction of sp³-hybridized carbons (Fsp3) is 0.471. The zero-order valence-electron chi connectivity index (χ0n) is 12.1. The van der Waals surface area contributed by atoms with Crippen LogP contribution in [0.25, 0.3) is 0 Å². The van der Waals surface area contributed by atoms with Gasteiger partial charge in [-0.25, -0.2) is 0 Å². The molecule has 1 heterocycles. The Bertz CT molecular complexity index is 481. The van der Waals surface area contributed by atoms with Gasteiger partial charge in [-0.15, -0.1) is 0 Å². The van der Waals surface area contributed by atoms with Crippen LogP contribution in [0.1, 0.15) is 25.3 Å². The summed E-state index contributed by atoms with van der Waals surface area (Å²) in [4.78, 5) is 14.3. The average Bonchev–Trinajstić information content (AvgIpc) is 3.01. The van der Waals surface area contributed by atoms with Crippen LogP contribution in [-0.2, 0) is 4.79 Å². The molecule has 0 radical (unpaired) electrons. The van der Waals surface area contributed by atoms with Gasteiger partial charge in [0.05, 0.1) is 12.5 Å². The molecule has 0 bridgehead atoms. The first-order valence-electron chi connectivity index (χ1n) is 7.34. The number of benzene rings is 1. The first kappa shape index (κ1) is 14.6. The Balaban J connectivity index is 1.95. The average molecular weight is 270 g/mol. The second-order valence-electron chi connectivity index (χ2n) is 5.12. The molecule has 1 aliphatic rings. The van der Waals surface area contributed by atoms with Crippen molar-refractivity contribution in [1.82, 2.24) is 10.2 Å². The second kappa shape index (κ2) is 7.72. The number of rotatable bonds is 4. The van der Waals surface area contributed by atoms with E-state index in [0.29, 0.717) is 6.54 Å². The minimum absolute atomic E-state index is 0.139. The summed E-state index contributed by atoms with van der Waals surface area (Å²) in [5, 5.41) is 3.25. The second-order valence-corrected chi connectivity index (χ2v) is 5.12. The van der Waals surface area contributed by atoms with Crippen LogP contribution in [0.5, 0.6) is 0 Å². The molecule has 1 atom stereocenters. The van der Waals surface area contributed by atoms with Gasteiger partial charge >= 0.3 is 0 Å². The quantitative estimate of drug-likeness (QED) is 0.847. The Hall–Kier alpha value is -1.79. The normalized spacial score (nSPS) is 17.4. The van der Waals surface area contributed by atoms with Crippen LogP contribution >= 0.6 is 0 Å². The fourth-order valence-electron chi connectivity index (χ4n) is 2.42. The highest BCUT2D eigenvalue weighted by molar-refractivity contribution is 5.79. The van der Waals surface area contributed by atoms with Gasteiger partial charge in [0.2, 0.25) is 5.91 Å². The molecule has 1 fully saturated rings. The molecule has 3 nitrogen and oxygen atoms in total. The summed E-state index contributed by atoms with van der Waals surface area (Å²) in [5.41, 5.74) is 0.999. The van der Waals surface area contributed by atoms with Crippen molar-refractivity contribution in [2.75, 3.05) is 26.2 Å². The Labute approximate surface area is 121 Å². The molecular formula is C17H22N2O. The van der Waals surface area contributed by atoms with Crippen LogP contribution in [-0.4, -0.2) is 37.0 Å². The molecule has 2 rings (SSSR count). The lowest BCUT2D eigenvalue weighted by molar-refractivity contribution is -0.134. The van der Waals surface area contributed by atoms with Crippen LogP contribution in [0.2, 0.25) is 0 Å². The van der Waals surface area contributed by atoms with E-state index in [9.17, 15) is 4.79 Å². The van der Waals surface area contributed by atoms with E-state index in [4.69, 9.17) is 0 Å². The summed E-state index contributed by atoms with van der Waals surface area (Å²) < 4.78 is 0. The Morgan fingerprint density at radius 3 is 2.85 bits per heavy atom. The van der Waals surface area contributed by atoms with Gasteiger partial charge in [-0.1, -0.05) is 37.0 Å². The van der Waals surface area contributed by atoms with Crippen molar-refractivity contribution in [3.05, 3.63) is 35.9 Å². The van der Waals surface area contributed by atoms with Gasteiger partial charge in [-0.05, 0) is 31.5 Å². The molecule has 1 aromatic rings. The van der Waals surface area contributed by atoms with Crippen molar-refractivity contribution < 1.29 is 4.79 Å². The third kappa shape index (κ3) is 4.11. The fourth-order valence-corrected chi connectivity index (χ4v) is 2.42. The van der Waals surface area contributed by atoms with Crippen LogP contribution in [0.3, 0.4) is 0 Å². The first-order chi connectivity index (χ1) is 9.81. The summed E-state index contributed by atoms with van der Waals surface area (Å²) in [5.74, 6) is 6.63. The summed E-state index contributed by atoms with van der Waals surface area (Å²) in [6.07, 6.45) is 1.92. The van der Waals surface area contributed by atoms with E-state index in [1.165, 1.54) is 0 Å². The zero-order chi connectivity index (χ0) is 14.2. The number of hydrogen-bond donors (Lipinski definition) is 1. The van der Waals surface area contributed by atoms with E-state index in [2.05, 4.69) is 24.1 Å². The molecule has 0 saturated carbocycles. The van der Waals surface area contributed by atoms with Crippen LogP contribution in [0.15, 0.2) is 30.3 Å². The lowest BCUT2D eigenvalue weighted by Crippen LogP contribution is -2.37. The highest BCUT2D eigenvalue weighted by Gasteiger charge is 2.26. The molecule has 3 heteroatoms. The Morgan fingerprint density at radius 1 is 1.40 bits per heavy atom. The van der Waals surface area contributed by atoms with E-state index in [1.54, 1.807) is 0 Å². The van der Waals surface area contributed by atoms with Crippen molar-refractivity contribution in [1.29, 1.82) is 0 Å². The Kier molecular flexibility index (Phi) is 5.64. The lowest BCUT2D eigenvalue weighted by Gasteiger charge is -2.22. The van der Waals surface area contributed by atoms with E-state index >= 15 is 0 Å². The van der Waals surface area contributed by atoms with Crippen molar-refractivity contribution >= 4 is 5.91 Å². The SMILES string of the molecule is CCCN(CC#Cc1ccccc1)C(=O)[C@H]1CCNC1. The smallest absolute Gasteiger partial charge is 0.227 e. The van der Waals surface area contributed by atoms with Gasteiger partial charge < -0.3 is 10.2 Å². The standard InChI is InChI=1S/C17H22N2O/c1-2-12-19(17(20)16-10-11-18-14-16)13-6-9-15-7-4-3-5-8-15/h3-5,7-8,16,18H,2,10-14H2,1H3/t16-/m0/s1. The predicted molar refractivity (Wildman–Crippen MR) is 81.2 cm³/mol. The maximum absolute atomic E-state index is 12.4. The maximum atomic E-state index is 12.4. The van der Waals surface area contributed by atoms with Crippen molar-refractivity contribution in [3.63, 3.8) is 0 Å². The van der Waals surface area contributed by atoms with E-state index in [1.807, 2.05) is 35.2 Å². The molecule has 0 spiro atoms. The van der Waals surface area contributed by atoms with Gasteiger partial charge in [0.15, 0.2) is 0 Å². The molecule has 1 saturated heterocycles. The molecule has 0 aliphatic carbocycles. The molecule has 1 N–H and O–H groups in total. The van der Waals surface area contributed by atoms with Crippen LogP contribution < -0.4 is 5.32 Å². The minimum Gasteiger partial charge on any atom is -0.331 e. The first-order valence-corrected chi connectivity index (χ1v) is 7.34. The summed E-state index contributed by atoms with van der Waals surface area (Å²) >= 11 is 0. The summed E-state index contributed by atoms with van der Waals surface area (Å²) in [6, 6.07) is 9.90. The Morgan fingerprint density at radius 2 is 2.20 bits per heavy atom.